The van der Waals surface area contributed by atoms with E-state index in [0.29, 0.717) is 6.42 Å². The van der Waals surface area contributed by atoms with E-state index in [2.05, 4.69) is 31.9 Å². The summed E-state index contributed by atoms with van der Waals surface area (Å²) in [7, 11) is 0. The van der Waals surface area contributed by atoms with Gasteiger partial charge in [0.25, 0.3) is 0 Å². The highest BCUT2D eigenvalue weighted by molar-refractivity contribution is 9.11. The second-order valence-corrected chi connectivity index (χ2v) is 5.92. The first-order chi connectivity index (χ1) is 8.56. The van der Waals surface area contributed by atoms with Crippen molar-refractivity contribution in [3.05, 3.63) is 69.7 Å². The lowest BCUT2D eigenvalue weighted by Crippen LogP contribution is -1.97. The van der Waals surface area contributed by atoms with Crippen LogP contribution in [-0.2, 0) is 6.42 Å². The lowest BCUT2D eigenvalue weighted by Gasteiger charge is -2.12. The zero-order valence-electron chi connectivity index (χ0n) is 9.34. The summed E-state index contributed by atoms with van der Waals surface area (Å²) in [5.74, 6) is -0.514. The normalized spacial score (nSPS) is 12.4. The maximum absolute atomic E-state index is 13.0. The van der Waals surface area contributed by atoms with E-state index in [1.807, 2.05) is 0 Å². The third-order valence-corrected chi connectivity index (χ3v) is 4.13. The van der Waals surface area contributed by atoms with Gasteiger partial charge in [-0.15, -0.1) is 0 Å². The number of alkyl halides is 1. The molecule has 0 bridgehead atoms. The van der Waals surface area contributed by atoms with Gasteiger partial charge < -0.3 is 0 Å². The molecule has 2 rings (SSSR count). The molecule has 0 aliphatic rings. The molecular formula is C14H10Br2F2. The molecule has 0 N–H and O–H groups in total. The van der Waals surface area contributed by atoms with Gasteiger partial charge in [-0.1, -0.05) is 50.1 Å². The Kier molecular flexibility index (Phi) is 4.51. The number of rotatable bonds is 3. The number of hydrogen-bond donors (Lipinski definition) is 0. The Hall–Kier alpha value is -0.740. The van der Waals surface area contributed by atoms with Gasteiger partial charge in [0.15, 0.2) is 0 Å². The highest BCUT2D eigenvalue weighted by atomic mass is 79.9. The minimum atomic E-state index is -0.271. The van der Waals surface area contributed by atoms with Crippen LogP contribution in [0.1, 0.15) is 16.0 Å². The number of halogens is 4. The lowest BCUT2D eigenvalue weighted by atomic mass is 10.0. The van der Waals surface area contributed by atoms with Crippen molar-refractivity contribution in [1.82, 2.24) is 0 Å². The molecule has 0 amide bonds. The van der Waals surface area contributed by atoms with Gasteiger partial charge in [0.2, 0.25) is 0 Å². The van der Waals surface area contributed by atoms with Crippen molar-refractivity contribution in [3.63, 3.8) is 0 Å². The van der Waals surface area contributed by atoms with Crippen LogP contribution in [0.4, 0.5) is 8.78 Å². The van der Waals surface area contributed by atoms with E-state index in [1.165, 1.54) is 24.3 Å². The zero-order chi connectivity index (χ0) is 13.1. The van der Waals surface area contributed by atoms with Gasteiger partial charge in [0.1, 0.15) is 11.6 Å². The molecule has 4 heteroatoms. The Morgan fingerprint density at radius 1 is 0.944 bits per heavy atom. The van der Waals surface area contributed by atoms with E-state index >= 15 is 0 Å². The Morgan fingerprint density at radius 3 is 2.17 bits per heavy atom. The summed E-state index contributed by atoms with van der Waals surface area (Å²) in [4.78, 5) is 0.0536. The first-order valence-electron chi connectivity index (χ1n) is 5.40. The molecule has 0 radical (unpaired) electrons. The Labute approximate surface area is 121 Å². The summed E-state index contributed by atoms with van der Waals surface area (Å²) in [6, 6.07) is 11.0. The summed E-state index contributed by atoms with van der Waals surface area (Å²) in [6.07, 6.45) is 0.713. The van der Waals surface area contributed by atoms with Crippen molar-refractivity contribution < 1.29 is 8.78 Å². The van der Waals surface area contributed by atoms with Crippen LogP contribution in [0.25, 0.3) is 0 Å². The van der Waals surface area contributed by atoms with Crippen LogP contribution < -0.4 is 0 Å². The van der Waals surface area contributed by atoms with E-state index in [9.17, 15) is 8.78 Å². The SMILES string of the molecule is Fc1ccc(CC(Br)c2ccc(F)cc2Br)cc1. The highest BCUT2D eigenvalue weighted by Crippen LogP contribution is 2.32. The van der Waals surface area contributed by atoms with Crippen molar-refractivity contribution in [1.29, 1.82) is 0 Å². The predicted octanol–water partition coefficient (Wildman–Crippen LogP) is 5.41. The van der Waals surface area contributed by atoms with Crippen molar-refractivity contribution in [2.45, 2.75) is 11.2 Å². The maximum Gasteiger partial charge on any atom is 0.124 e. The fraction of sp³-hybridized carbons (Fsp3) is 0.143. The molecule has 1 unspecified atom stereocenters. The molecule has 1 atom stereocenters. The van der Waals surface area contributed by atoms with Crippen LogP contribution in [0.5, 0.6) is 0 Å². The molecule has 94 valence electrons. The second kappa shape index (κ2) is 5.93. The summed E-state index contributed by atoms with van der Waals surface area (Å²) in [5, 5.41) is 0. The Morgan fingerprint density at radius 2 is 1.56 bits per heavy atom. The molecular weight excluding hydrogens is 366 g/mol. The minimum absolute atomic E-state index is 0.0536. The molecule has 0 saturated heterocycles. The van der Waals surface area contributed by atoms with Gasteiger partial charge in [-0.3, -0.25) is 0 Å². The van der Waals surface area contributed by atoms with Crippen LogP contribution in [0, 0.1) is 11.6 Å². The predicted molar refractivity (Wildman–Crippen MR) is 75.9 cm³/mol. The summed E-state index contributed by atoms with van der Waals surface area (Å²) < 4.78 is 26.5. The molecule has 0 spiro atoms. The fourth-order valence-corrected chi connectivity index (χ4v) is 3.40. The van der Waals surface area contributed by atoms with E-state index in [-0.39, 0.29) is 16.5 Å². The van der Waals surface area contributed by atoms with Gasteiger partial charge in [-0.25, -0.2) is 8.78 Å². The second-order valence-electron chi connectivity index (χ2n) is 3.96. The van der Waals surface area contributed by atoms with E-state index in [1.54, 1.807) is 18.2 Å². The first-order valence-corrected chi connectivity index (χ1v) is 7.10. The smallest absolute Gasteiger partial charge is 0.124 e. The minimum Gasteiger partial charge on any atom is -0.207 e. The standard InChI is InChI=1S/C14H10Br2F2/c15-13(7-9-1-3-10(17)4-2-9)12-6-5-11(18)8-14(12)16/h1-6,8,13H,7H2. The van der Waals surface area contributed by atoms with Gasteiger partial charge in [0, 0.05) is 9.30 Å². The van der Waals surface area contributed by atoms with Crippen molar-refractivity contribution >= 4 is 31.9 Å². The van der Waals surface area contributed by atoms with Crippen LogP contribution >= 0.6 is 31.9 Å². The molecule has 0 heterocycles. The van der Waals surface area contributed by atoms with E-state index in [0.717, 1.165) is 15.6 Å². The molecule has 0 fully saturated rings. The molecule has 0 aromatic heterocycles. The number of benzene rings is 2. The monoisotopic (exact) mass is 374 g/mol. The third kappa shape index (κ3) is 3.39. The molecule has 18 heavy (non-hydrogen) atoms. The molecule has 0 nitrogen and oxygen atoms in total. The molecule has 0 aliphatic carbocycles. The van der Waals surface area contributed by atoms with Gasteiger partial charge in [-0.05, 0) is 41.8 Å². The zero-order valence-corrected chi connectivity index (χ0v) is 12.5. The molecule has 2 aromatic carbocycles. The quantitative estimate of drug-likeness (QED) is 0.629. The largest absolute Gasteiger partial charge is 0.207 e. The Balaban J connectivity index is 2.16. The average Bonchev–Trinajstić information content (AvgIpc) is 2.32. The van der Waals surface area contributed by atoms with E-state index in [4.69, 9.17) is 0 Å². The highest BCUT2D eigenvalue weighted by Gasteiger charge is 2.12. The van der Waals surface area contributed by atoms with Crippen molar-refractivity contribution in [2.75, 3.05) is 0 Å². The lowest BCUT2D eigenvalue weighted by molar-refractivity contribution is 0.625. The van der Waals surface area contributed by atoms with Crippen LogP contribution in [0.2, 0.25) is 0 Å². The third-order valence-electron chi connectivity index (χ3n) is 2.63. The fourth-order valence-electron chi connectivity index (χ4n) is 1.69. The average molecular weight is 376 g/mol. The van der Waals surface area contributed by atoms with Crippen molar-refractivity contribution in [2.24, 2.45) is 0 Å². The first kappa shape index (κ1) is 13.7. The Bertz CT molecular complexity index is 538. The van der Waals surface area contributed by atoms with Crippen LogP contribution in [0.15, 0.2) is 46.9 Å². The molecule has 2 aromatic rings. The molecule has 0 aliphatic heterocycles. The van der Waals surface area contributed by atoms with E-state index < -0.39 is 0 Å². The molecule has 0 saturated carbocycles. The summed E-state index contributed by atoms with van der Waals surface area (Å²) in [5.41, 5.74) is 2.00. The van der Waals surface area contributed by atoms with Gasteiger partial charge >= 0.3 is 0 Å². The van der Waals surface area contributed by atoms with Gasteiger partial charge in [0.05, 0.1) is 0 Å². The summed E-state index contributed by atoms with van der Waals surface area (Å²) in [6.45, 7) is 0. The van der Waals surface area contributed by atoms with Crippen LogP contribution in [0.3, 0.4) is 0 Å². The summed E-state index contributed by atoms with van der Waals surface area (Å²) >= 11 is 6.91. The number of hydrogen-bond acceptors (Lipinski definition) is 0. The topological polar surface area (TPSA) is 0 Å². The maximum atomic E-state index is 13.0. The van der Waals surface area contributed by atoms with Crippen LogP contribution in [-0.4, -0.2) is 0 Å². The van der Waals surface area contributed by atoms with Crippen molar-refractivity contribution in [3.8, 4) is 0 Å². The van der Waals surface area contributed by atoms with Gasteiger partial charge in [-0.2, -0.15) is 0 Å².